The average molecular weight is 324 g/mol. The number of para-hydroxylation sites is 2. The fourth-order valence-electron chi connectivity index (χ4n) is 2.93. The van der Waals surface area contributed by atoms with Crippen molar-refractivity contribution in [2.45, 2.75) is 25.8 Å². The zero-order valence-corrected chi connectivity index (χ0v) is 13.8. The monoisotopic (exact) mass is 324 g/mol. The van der Waals surface area contributed by atoms with E-state index in [0.29, 0.717) is 24.3 Å². The van der Waals surface area contributed by atoms with Gasteiger partial charge in [0.2, 0.25) is 11.8 Å². The molecule has 0 bridgehead atoms. The molecule has 5 heteroatoms. The van der Waals surface area contributed by atoms with E-state index in [9.17, 15) is 9.59 Å². The van der Waals surface area contributed by atoms with Gasteiger partial charge in [-0.25, -0.2) is 0 Å². The first-order valence-corrected chi connectivity index (χ1v) is 7.93. The van der Waals surface area contributed by atoms with Gasteiger partial charge in [0, 0.05) is 12.1 Å². The van der Waals surface area contributed by atoms with Crippen molar-refractivity contribution in [1.82, 2.24) is 0 Å². The minimum atomic E-state index is -0.509. The van der Waals surface area contributed by atoms with E-state index in [1.165, 1.54) is 0 Å². The van der Waals surface area contributed by atoms with E-state index in [1.807, 2.05) is 43.3 Å². The number of amides is 2. The zero-order chi connectivity index (χ0) is 17.1. The molecule has 0 spiro atoms. The number of hydrogen-bond acceptors (Lipinski definition) is 3. The summed E-state index contributed by atoms with van der Waals surface area (Å²) in [4.78, 5) is 26.6. The van der Waals surface area contributed by atoms with E-state index in [0.717, 1.165) is 11.3 Å². The molecule has 2 amide bonds. The maximum atomic E-state index is 12.7. The minimum Gasteiger partial charge on any atom is -0.495 e. The van der Waals surface area contributed by atoms with Gasteiger partial charge in [0.25, 0.3) is 0 Å². The fraction of sp³-hybridized carbons (Fsp3) is 0.263. The number of hydrogen-bond donors (Lipinski definition) is 1. The van der Waals surface area contributed by atoms with Gasteiger partial charge in [-0.15, -0.1) is 0 Å². The number of benzene rings is 2. The fourth-order valence-corrected chi connectivity index (χ4v) is 2.93. The number of nitrogens with zero attached hydrogens (tertiary/aromatic N) is 1. The highest BCUT2D eigenvalue weighted by molar-refractivity contribution is 6.07. The molecule has 2 aromatic carbocycles. The number of rotatable bonds is 4. The highest BCUT2D eigenvalue weighted by atomic mass is 16.5. The van der Waals surface area contributed by atoms with Gasteiger partial charge in [0.15, 0.2) is 0 Å². The van der Waals surface area contributed by atoms with Crippen molar-refractivity contribution >= 4 is 23.2 Å². The van der Waals surface area contributed by atoms with Crippen LogP contribution in [0, 0.1) is 6.92 Å². The van der Waals surface area contributed by atoms with Crippen LogP contribution in [0.15, 0.2) is 48.5 Å². The Morgan fingerprint density at radius 1 is 1.17 bits per heavy atom. The summed E-state index contributed by atoms with van der Waals surface area (Å²) in [5, 5.41) is 2.88. The smallest absolute Gasteiger partial charge is 0.247 e. The van der Waals surface area contributed by atoms with Crippen molar-refractivity contribution in [3.63, 3.8) is 0 Å². The van der Waals surface area contributed by atoms with E-state index in [4.69, 9.17) is 4.74 Å². The Morgan fingerprint density at radius 3 is 2.58 bits per heavy atom. The molecule has 1 fully saturated rings. The molecule has 1 N–H and O–H groups in total. The molecular weight excluding hydrogens is 304 g/mol. The predicted molar refractivity (Wildman–Crippen MR) is 93.3 cm³/mol. The van der Waals surface area contributed by atoms with Crippen LogP contribution in [0.25, 0.3) is 0 Å². The number of carbonyl (C=O) groups excluding carboxylic acids is 2. The number of nitrogens with one attached hydrogen (secondary N) is 1. The summed E-state index contributed by atoms with van der Waals surface area (Å²) in [5.74, 6) is 0.363. The van der Waals surface area contributed by atoms with Crippen LogP contribution < -0.4 is 15.0 Å². The second-order valence-electron chi connectivity index (χ2n) is 5.84. The maximum absolute atomic E-state index is 12.7. The van der Waals surface area contributed by atoms with Gasteiger partial charge in [0.05, 0.1) is 12.8 Å². The second kappa shape index (κ2) is 6.74. The van der Waals surface area contributed by atoms with Gasteiger partial charge < -0.3 is 10.1 Å². The van der Waals surface area contributed by atoms with Crippen molar-refractivity contribution in [3.8, 4) is 5.75 Å². The Balaban J connectivity index is 1.83. The molecule has 1 atom stereocenters. The molecule has 1 aliphatic rings. The lowest BCUT2D eigenvalue weighted by Gasteiger charge is -2.24. The minimum absolute atomic E-state index is 0.0287. The first-order chi connectivity index (χ1) is 11.6. The summed E-state index contributed by atoms with van der Waals surface area (Å²) in [6.45, 7) is 1.99. The summed E-state index contributed by atoms with van der Waals surface area (Å²) in [7, 11) is 1.56. The lowest BCUT2D eigenvalue weighted by atomic mass is 10.1. The quantitative estimate of drug-likeness (QED) is 0.940. The zero-order valence-electron chi connectivity index (χ0n) is 13.8. The molecule has 1 saturated heterocycles. The van der Waals surface area contributed by atoms with E-state index in [2.05, 4.69) is 5.32 Å². The number of aryl methyl sites for hydroxylation is 1. The molecule has 0 radical (unpaired) electrons. The molecule has 1 unspecified atom stereocenters. The Morgan fingerprint density at radius 2 is 1.88 bits per heavy atom. The van der Waals surface area contributed by atoms with Crippen LogP contribution in [0.3, 0.4) is 0 Å². The van der Waals surface area contributed by atoms with E-state index in [-0.39, 0.29) is 11.8 Å². The Bertz CT molecular complexity index is 755. The predicted octanol–water partition coefficient (Wildman–Crippen LogP) is 3.14. The van der Waals surface area contributed by atoms with Crippen molar-refractivity contribution in [2.75, 3.05) is 17.3 Å². The van der Waals surface area contributed by atoms with Crippen LogP contribution in [-0.2, 0) is 9.59 Å². The van der Waals surface area contributed by atoms with E-state index in [1.54, 1.807) is 24.1 Å². The number of carbonyl (C=O) groups is 2. The van der Waals surface area contributed by atoms with Crippen LogP contribution in [-0.4, -0.2) is 25.0 Å². The summed E-state index contributed by atoms with van der Waals surface area (Å²) in [5.41, 5.74) is 2.47. The average Bonchev–Trinajstić information content (AvgIpc) is 2.98. The van der Waals surface area contributed by atoms with Crippen molar-refractivity contribution in [2.24, 2.45) is 0 Å². The van der Waals surface area contributed by atoms with Crippen molar-refractivity contribution in [3.05, 3.63) is 54.1 Å². The molecule has 24 heavy (non-hydrogen) atoms. The second-order valence-corrected chi connectivity index (χ2v) is 5.84. The normalized spacial score (nSPS) is 17.0. The molecule has 1 aliphatic heterocycles. The Kier molecular flexibility index (Phi) is 4.51. The van der Waals surface area contributed by atoms with Crippen molar-refractivity contribution < 1.29 is 14.3 Å². The van der Waals surface area contributed by atoms with Gasteiger partial charge in [0.1, 0.15) is 11.8 Å². The molecule has 0 saturated carbocycles. The standard InChI is InChI=1S/C19H20N2O3/c1-13-7-9-14(10-8-13)21-16(11-12-18(21)22)19(23)20-15-5-3-4-6-17(15)24-2/h3-10,16H,11-12H2,1-2H3,(H,20,23). The third kappa shape index (κ3) is 3.11. The third-order valence-corrected chi connectivity index (χ3v) is 4.19. The van der Waals surface area contributed by atoms with Gasteiger partial charge >= 0.3 is 0 Å². The van der Waals surface area contributed by atoms with Crippen LogP contribution in [0.1, 0.15) is 18.4 Å². The van der Waals surface area contributed by atoms with Crippen LogP contribution in [0.4, 0.5) is 11.4 Å². The number of methoxy groups -OCH3 is 1. The summed E-state index contributed by atoms with van der Waals surface area (Å²) < 4.78 is 5.26. The summed E-state index contributed by atoms with van der Waals surface area (Å²) in [6.07, 6.45) is 0.881. The van der Waals surface area contributed by atoms with Crippen LogP contribution in [0.5, 0.6) is 5.75 Å². The lowest BCUT2D eigenvalue weighted by molar-refractivity contribution is -0.120. The highest BCUT2D eigenvalue weighted by Gasteiger charge is 2.37. The first kappa shape index (κ1) is 16.1. The summed E-state index contributed by atoms with van der Waals surface area (Å²) in [6, 6.07) is 14.4. The summed E-state index contributed by atoms with van der Waals surface area (Å²) >= 11 is 0. The highest BCUT2D eigenvalue weighted by Crippen LogP contribution is 2.29. The topological polar surface area (TPSA) is 58.6 Å². The largest absolute Gasteiger partial charge is 0.495 e. The molecule has 2 aromatic rings. The van der Waals surface area contributed by atoms with E-state index < -0.39 is 6.04 Å². The molecule has 124 valence electrons. The lowest BCUT2D eigenvalue weighted by Crippen LogP contribution is -2.41. The molecule has 1 heterocycles. The molecular formula is C19H20N2O3. The Labute approximate surface area is 141 Å². The number of anilines is 2. The molecule has 0 aliphatic carbocycles. The van der Waals surface area contributed by atoms with Crippen LogP contribution >= 0.6 is 0 Å². The van der Waals surface area contributed by atoms with Gasteiger partial charge in [-0.3, -0.25) is 14.5 Å². The van der Waals surface area contributed by atoms with Crippen molar-refractivity contribution in [1.29, 1.82) is 0 Å². The number of ether oxygens (including phenoxy) is 1. The first-order valence-electron chi connectivity index (χ1n) is 7.93. The van der Waals surface area contributed by atoms with Gasteiger partial charge in [-0.2, -0.15) is 0 Å². The van der Waals surface area contributed by atoms with Gasteiger partial charge in [-0.1, -0.05) is 29.8 Å². The molecule has 3 rings (SSSR count). The van der Waals surface area contributed by atoms with E-state index >= 15 is 0 Å². The Hall–Kier alpha value is -2.82. The van der Waals surface area contributed by atoms with Crippen LogP contribution in [0.2, 0.25) is 0 Å². The molecule has 0 aromatic heterocycles. The molecule has 5 nitrogen and oxygen atoms in total. The SMILES string of the molecule is COc1ccccc1NC(=O)C1CCC(=O)N1c1ccc(C)cc1. The third-order valence-electron chi connectivity index (χ3n) is 4.19. The maximum Gasteiger partial charge on any atom is 0.247 e. The van der Waals surface area contributed by atoms with Gasteiger partial charge in [-0.05, 0) is 37.6 Å².